The molecule has 0 amide bonds. The first-order valence-electron chi connectivity index (χ1n) is 13.5. The Labute approximate surface area is 247 Å². The van der Waals surface area contributed by atoms with Crippen molar-refractivity contribution >= 4 is 10.9 Å². The molecule has 1 aliphatic carbocycles. The Hall–Kier alpha value is -2.86. The molecule has 1 saturated heterocycles. The van der Waals surface area contributed by atoms with Gasteiger partial charge in [-0.1, -0.05) is 5.21 Å². The first-order valence-corrected chi connectivity index (χ1v) is 15.1. The molecule has 1 unspecified atom stereocenters. The van der Waals surface area contributed by atoms with Crippen LogP contribution in [0.5, 0.6) is 0 Å². The zero-order chi connectivity index (χ0) is 32.2. The highest BCUT2D eigenvalue weighted by molar-refractivity contribution is 8.18. The number of alkyl halides is 5. The van der Waals surface area contributed by atoms with E-state index in [0.29, 0.717) is 12.1 Å². The van der Waals surface area contributed by atoms with Crippen molar-refractivity contribution in [1.29, 1.82) is 0 Å². The quantitative estimate of drug-likeness (QED) is 0.154. The number of hydrogen-bond acceptors (Lipinski definition) is 7. The molecule has 3 heterocycles. The van der Waals surface area contributed by atoms with E-state index >= 15 is 0 Å². The van der Waals surface area contributed by atoms with Gasteiger partial charge in [-0.25, -0.2) is 37.5 Å². The normalized spacial score (nSPS) is 28.5. The summed E-state index contributed by atoms with van der Waals surface area (Å²) in [6.07, 6.45) is -8.93. The van der Waals surface area contributed by atoms with Crippen molar-refractivity contribution in [2.24, 2.45) is 0 Å². The zero-order valence-electron chi connectivity index (χ0n) is 22.6. The van der Waals surface area contributed by atoms with Gasteiger partial charge >= 0.3 is 6.18 Å². The van der Waals surface area contributed by atoms with Crippen LogP contribution in [0.1, 0.15) is 48.2 Å². The van der Waals surface area contributed by atoms with Crippen molar-refractivity contribution < 1.29 is 55.5 Å². The molecule has 5 rings (SSSR count). The number of aromatic nitrogens is 4. The van der Waals surface area contributed by atoms with Crippen molar-refractivity contribution in [2.75, 3.05) is 12.4 Å². The van der Waals surface area contributed by atoms with Crippen molar-refractivity contribution in [1.82, 2.24) is 20.0 Å². The smallest absolute Gasteiger partial charge is 0.395 e. The van der Waals surface area contributed by atoms with Gasteiger partial charge in [0.15, 0.2) is 17.5 Å². The molecule has 2 aliphatic rings. The SMILES string of the molecule is OC[C@@H]1[C@H](O)[C@@H](n2cc(-c3cc(F)c(F)c(F)c3)nn2)[C@@H](O)C[SH]1[C@H](c1ncccc1C(F)(F)F)C1(O)CCC(F)(F)CC1. The Kier molecular flexibility index (Phi) is 8.74. The molecule has 8 nitrogen and oxygen atoms in total. The van der Waals surface area contributed by atoms with Gasteiger partial charge in [0.2, 0.25) is 5.92 Å². The number of pyridine rings is 1. The highest BCUT2D eigenvalue weighted by atomic mass is 32.2. The molecule has 0 radical (unpaired) electrons. The van der Waals surface area contributed by atoms with Gasteiger partial charge in [-0.15, -0.1) is 5.10 Å². The predicted molar refractivity (Wildman–Crippen MR) is 141 cm³/mol. The lowest BCUT2D eigenvalue weighted by atomic mass is 9.79. The molecule has 0 spiro atoms. The van der Waals surface area contributed by atoms with Gasteiger partial charge in [0.1, 0.15) is 11.7 Å². The summed E-state index contributed by atoms with van der Waals surface area (Å²) in [5, 5.41) is 49.5. The third kappa shape index (κ3) is 6.03. The number of nitrogens with zero attached hydrogens (tertiary/aromatic N) is 4. The van der Waals surface area contributed by atoms with E-state index in [9.17, 15) is 55.5 Å². The van der Waals surface area contributed by atoms with Crippen molar-refractivity contribution in [2.45, 2.75) is 72.1 Å². The fourth-order valence-electron chi connectivity index (χ4n) is 6.13. The lowest BCUT2D eigenvalue weighted by molar-refractivity contribution is -0.140. The van der Waals surface area contributed by atoms with Crippen LogP contribution in [0.15, 0.2) is 36.7 Å². The van der Waals surface area contributed by atoms with Gasteiger partial charge in [0.25, 0.3) is 0 Å². The van der Waals surface area contributed by atoms with Gasteiger partial charge in [-0.2, -0.15) is 13.2 Å². The molecule has 0 bridgehead atoms. The van der Waals surface area contributed by atoms with E-state index in [1.54, 1.807) is 0 Å². The van der Waals surface area contributed by atoms with Crippen molar-refractivity contribution in [3.8, 4) is 11.3 Å². The number of aliphatic hydroxyl groups excluding tert-OH is 3. The number of benzene rings is 1. The maximum atomic E-state index is 14.2. The van der Waals surface area contributed by atoms with Gasteiger partial charge in [0.05, 0.1) is 47.1 Å². The molecular weight excluding hydrogens is 628 g/mol. The molecule has 44 heavy (non-hydrogen) atoms. The Balaban J connectivity index is 1.54. The maximum Gasteiger partial charge on any atom is 0.418 e. The summed E-state index contributed by atoms with van der Waals surface area (Å²) in [6, 6.07) is 1.69. The second-order valence-corrected chi connectivity index (χ2v) is 13.7. The van der Waals surface area contributed by atoms with Gasteiger partial charge in [-0.05, 0) is 37.1 Å². The monoisotopic (exact) mass is 656 g/mol. The van der Waals surface area contributed by atoms with Gasteiger partial charge in [0, 0.05) is 35.6 Å². The Morgan fingerprint density at radius 2 is 1.68 bits per heavy atom. The average molecular weight is 657 g/mol. The summed E-state index contributed by atoms with van der Waals surface area (Å²) in [5.41, 5.74) is -4.40. The van der Waals surface area contributed by atoms with Gasteiger partial charge < -0.3 is 20.4 Å². The first-order chi connectivity index (χ1) is 20.6. The fraction of sp³-hybridized carbons (Fsp3) is 0.519. The van der Waals surface area contributed by atoms with E-state index < -0.39 is 118 Å². The van der Waals surface area contributed by atoms with E-state index in [-0.39, 0.29) is 17.0 Å². The average Bonchev–Trinajstić information content (AvgIpc) is 3.43. The topological polar surface area (TPSA) is 125 Å². The van der Waals surface area contributed by atoms with E-state index in [1.807, 2.05) is 0 Å². The van der Waals surface area contributed by atoms with Crippen LogP contribution in [0.3, 0.4) is 0 Å². The molecule has 3 aromatic rings. The summed E-state index contributed by atoms with van der Waals surface area (Å²) in [4.78, 5) is 3.92. The van der Waals surface area contributed by atoms with Crippen LogP contribution in [0.25, 0.3) is 11.3 Å². The van der Waals surface area contributed by atoms with E-state index in [2.05, 4.69) is 15.3 Å². The lowest BCUT2D eigenvalue weighted by Gasteiger charge is -2.53. The molecule has 4 N–H and O–H groups in total. The van der Waals surface area contributed by atoms with Crippen molar-refractivity contribution in [3.05, 3.63) is 65.4 Å². The first kappa shape index (κ1) is 32.5. The van der Waals surface area contributed by atoms with E-state index in [4.69, 9.17) is 0 Å². The van der Waals surface area contributed by atoms with Crippen LogP contribution >= 0.6 is 10.9 Å². The molecule has 2 aromatic heterocycles. The molecular formula is C27H28F8N4O4S. The summed E-state index contributed by atoms with van der Waals surface area (Å²) in [5.74, 6) is -8.26. The highest BCUT2D eigenvalue weighted by Gasteiger charge is 2.55. The largest absolute Gasteiger partial charge is 0.418 e. The fourth-order valence-corrected chi connectivity index (χ4v) is 9.82. The summed E-state index contributed by atoms with van der Waals surface area (Å²) < 4.78 is 113. The van der Waals surface area contributed by atoms with Crippen LogP contribution in [0.2, 0.25) is 0 Å². The molecule has 2 fully saturated rings. The minimum atomic E-state index is -4.95. The highest BCUT2D eigenvalue weighted by Crippen LogP contribution is 2.61. The van der Waals surface area contributed by atoms with Crippen LogP contribution in [0.4, 0.5) is 35.1 Å². The minimum absolute atomic E-state index is 0.172. The second kappa shape index (κ2) is 11.8. The van der Waals surface area contributed by atoms with Crippen LogP contribution < -0.4 is 0 Å². The van der Waals surface area contributed by atoms with Crippen LogP contribution in [-0.4, -0.2) is 81.7 Å². The minimum Gasteiger partial charge on any atom is -0.395 e. The third-order valence-electron chi connectivity index (χ3n) is 8.34. The molecule has 6 atom stereocenters. The molecule has 242 valence electrons. The van der Waals surface area contributed by atoms with Crippen LogP contribution in [-0.2, 0) is 6.18 Å². The second-order valence-electron chi connectivity index (χ2n) is 11.1. The molecule has 1 saturated carbocycles. The maximum absolute atomic E-state index is 14.2. The molecule has 1 aliphatic heterocycles. The third-order valence-corrected chi connectivity index (χ3v) is 11.8. The lowest BCUT2D eigenvalue weighted by Crippen LogP contribution is -2.53. The summed E-state index contributed by atoms with van der Waals surface area (Å²) in [6.45, 7) is -0.830. The standard InChI is InChI=1S/C27H28F8N4O4S/c28-15-8-13(9-16(29)20(15)30)17-10-39(38-37-17)22-18(41)12-44(19(11-40)23(22)42)24(25(43)3-5-26(31,32)6-4-25)21-14(27(33,34)35)2-1-7-36-21/h1-2,7-10,18-19,22-24,40-44H,3-6,11-12H2/t18-,19+,22-,23-,24+/m0/s1. The Bertz CT molecular complexity index is 1480. The number of thiol groups is 1. The number of aliphatic hydroxyl groups is 4. The Morgan fingerprint density at radius 3 is 2.27 bits per heavy atom. The molecule has 1 aromatic carbocycles. The summed E-state index contributed by atoms with van der Waals surface area (Å²) in [7, 11) is -2.20. The van der Waals surface area contributed by atoms with E-state index in [0.717, 1.165) is 29.2 Å². The zero-order valence-corrected chi connectivity index (χ0v) is 23.5. The predicted octanol–water partition coefficient (Wildman–Crippen LogP) is 4.10. The van der Waals surface area contributed by atoms with Crippen LogP contribution in [0, 0.1) is 17.5 Å². The van der Waals surface area contributed by atoms with E-state index in [1.165, 1.54) is 0 Å². The molecule has 17 heteroatoms. The number of rotatable bonds is 6. The number of halogens is 8. The Morgan fingerprint density at radius 1 is 1.05 bits per heavy atom. The number of hydrogen-bond donors (Lipinski definition) is 5. The van der Waals surface area contributed by atoms with Gasteiger partial charge in [-0.3, -0.25) is 4.98 Å². The van der Waals surface area contributed by atoms with Crippen molar-refractivity contribution in [3.63, 3.8) is 0 Å². The summed E-state index contributed by atoms with van der Waals surface area (Å²) >= 11 is 0.